The number of para-hydroxylation sites is 1. The predicted octanol–water partition coefficient (Wildman–Crippen LogP) is 5.98. The van der Waals surface area contributed by atoms with Gasteiger partial charge in [-0.25, -0.2) is 4.68 Å². The molecule has 2 amide bonds. The van der Waals surface area contributed by atoms with Crippen LogP contribution < -0.4 is 14.8 Å². The lowest BCUT2D eigenvalue weighted by Crippen LogP contribution is -2.42. The smallest absolute Gasteiger partial charge is 0.251 e. The summed E-state index contributed by atoms with van der Waals surface area (Å²) >= 11 is 0. The maximum absolute atomic E-state index is 14.2. The van der Waals surface area contributed by atoms with Crippen molar-refractivity contribution in [1.29, 1.82) is 0 Å². The summed E-state index contributed by atoms with van der Waals surface area (Å²) in [7, 11) is 3.19. The highest BCUT2D eigenvalue weighted by atomic mass is 16.5. The SMILES string of the molecule is COc1ccc(CN(C(=O)Cn2nnc3ccccc32)[C@H](C(=O)Nc2ccc(OC)cc2)c2ccc(C(C)C)cc2)cc1. The molecule has 0 aliphatic carbocycles. The third-order valence-corrected chi connectivity index (χ3v) is 7.37. The fourth-order valence-electron chi connectivity index (χ4n) is 4.93. The van der Waals surface area contributed by atoms with Crippen LogP contribution >= 0.6 is 0 Å². The minimum atomic E-state index is -0.937. The fourth-order valence-corrected chi connectivity index (χ4v) is 4.93. The van der Waals surface area contributed by atoms with Crippen molar-refractivity contribution in [2.75, 3.05) is 19.5 Å². The summed E-state index contributed by atoms with van der Waals surface area (Å²) < 4.78 is 12.2. The number of nitrogens with zero attached hydrogens (tertiary/aromatic N) is 4. The number of methoxy groups -OCH3 is 2. The molecule has 0 saturated carbocycles. The Hall–Kier alpha value is -5.18. The van der Waals surface area contributed by atoms with Gasteiger partial charge < -0.3 is 19.7 Å². The molecular weight excluding hydrogens is 542 g/mol. The molecule has 5 aromatic rings. The van der Waals surface area contributed by atoms with E-state index in [4.69, 9.17) is 9.47 Å². The Balaban J connectivity index is 1.55. The average molecular weight is 578 g/mol. The summed E-state index contributed by atoms with van der Waals surface area (Å²) in [6, 6.07) is 29.0. The second-order valence-electron chi connectivity index (χ2n) is 10.5. The monoisotopic (exact) mass is 577 g/mol. The number of nitrogens with one attached hydrogen (secondary N) is 1. The lowest BCUT2D eigenvalue weighted by atomic mass is 9.97. The van der Waals surface area contributed by atoms with Crippen LogP contribution in [-0.2, 0) is 22.7 Å². The van der Waals surface area contributed by atoms with E-state index >= 15 is 0 Å². The number of amides is 2. The number of fused-ring (bicyclic) bond motifs is 1. The van der Waals surface area contributed by atoms with Crippen LogP contribution in [0.5, 0.6) is 11.5 Å². The minimum absolute atomic E-state index is 0.0902. The number of aromatic nitrogens is 3. The molecule has 9 nitrogen and oxygen atoms in total. The fraction of sp³-hybridized carbons (Fsp3) is 0.235. The molecule has 0 radical (unpaired) electrons. The Labute approximate surface area is 251 Å². The van der Waals surface area contributed by atoms with Gasteiger partial charge in [0.1, 0.15) is 29.6 Å². The van der Waals surface area contributed by atoms with Crippen LogP contribution in [0.25, 0.3) is 11.0 Å². The molecule has 1 aromatic heterocycles. The van der Waals surface area contributed by atoms with E-state index < -0.39 is 6.04 Å². The van der Waals surface area contributed by atoms with E-state index in [1.165, 1.54) is 0 Å². The highest BCUT2D eigenvalue weighted by Gasteiger charge is 2.32. The van der Waals surface area contributed by atoms with E-state index in [1.54, 1.807) is 48.1 Å². The molecule has 4 aromatic carbocycles. The number of anilines is 1. The normalized spacial score (nSPS) is 11.7. The summed E-state index contributed by atoms with van der Waals surface area (Å²) in [4.78, 5) is 30.0. The van der Waals surface area contributed by atoms with Gasteiger partial charge in [0.15, 0.2) is 0 Å². The molecule has 0 aliphatic rings. The van der Waals surface area contributed by atoms with Crippen molar-refractivity contribution in [2.24, 2.45) is 0 Å². The number of rotatable bonds is 11. The van der Waals surface area contributed by atoms with Crippen LogP contribution in [0.15, 0.2) is 97.1 Å². The zero-order valence-electron chi connectivity index (χ0n) is 24.7. The predicted molar refractivity (Wildman–Crippen MR) is 166 cm³/mol. The van der Waals surface area contributed by atoms with E-state index in [0.717, 1.165) is 16.6 Å². The van der Waals surface area contributed by atoms with Gasteiger partial charge in [-0.05, 0) is 71.1 Å². The lowest BCUT2D eigenvalue weighted by molar-refractivity contribution is -0.140. The van der Waals surface area contributed by atoms with Gasteiger partial charge in [0.2, 0.25) is 5.91 Å². The van der Waals surface area contributed by atoms with Gasteiger partial charge in [-0.15, -0.1) is 5.10 Å². The van der Waals surface area contributed by atoms with Crippen molar-refractivity contribution >= 4 is 28.5 Å². The molecule has 43 heavy (non-hydrogen) atoms. The maximum atomic E-state index is 14.2. The Kier molecular flexibility index (Phi) is 9.00. The number of benzene rings is 4. The topological polar surface area (TPSA) is 98.6 Å². The Morgan fingerprint density at radius 2 is 1.42 bits per heavy atom. The van der Waals surface area contributed by atoms with Gasteiger partial charge >= 0.3 is 0 Å². The molecule has 9 heteroatoms. The van der Waals surface area contributed by atoms with Gasteiger partial charge in [-0.2, -0.15) is 0 Å². The van der Waals surface area contributed by atoms with E-state index in [2.05, 4.69) is 29.5 Å². The first-order chi connectivity index (χ1) is 20.9. The number of carbonyl (C=O) groups excluding carboxylic acids is 2. The van der Waals surface area contributed by atoms with E-state index in [0.29, 0.717) is 34.2 Å². The molecule has 1 heterocycles. The van der Waals surface area contributed by atoms with Crippen molar-refractivity contribution in [3.8, 4) is 11.5 Å². The van der Waals surface area contributed by atoms with Crippen LogP contribution in [-0.4, -0.2) is 45.9 Å². The molecule has 0 fully saturated rings. The number of hydrogen-bond acceptors (Lipinski definition) is 6. The van der Waals surface area contributed by atoms with Crippen molar-refractivity contribution < 1.29 is 19.1 Å². The van der Waals surface area contributed by atoms with E-state index in [-0.39, 0.29) is 24.9 Å². The maximum Gasteiger partial charge on any atom is 0.251 e. The zero-order chi connectivity index (χ0) is 30.3. The van der Waals surface area contributed by atoms with Gasteiger partial charge in [-0.1, -0.05) is 67.6 Å². The standard InChI is InChI=1S/C34H35N5O4/c1-23(2)25-11-13-26(14-12-25)33(34(41)35-27-15-19-29(43-4)20-16-27)38(21-24-9-17-28(42-3)18-10-24)32(40)22-39-31-8-6-5-7-30(31)36-37-39/h5-20,23,33H,21-22H2,1-4H3,(H,35,41)/t33-/m0/s1. The van der Waals surface area contributed by atoms with Gasteiger partial charge in [0, 0.05) is 12.2 Å². The van der Waals surface area contributed by atoms with Crippen LogP contribution in [0.3, 0.4) is 0 Å². The summed E-state index contributed by atoms with van der Waals surface area (Å²) in [6.45, 7) is 4.32. The summed E-state index contributed by atoms with van der Waals surface area (Å²) in [5.41, 5.74) is 4.70. The molecule has 220 valence electrons. The Morgan fingerprint density at radius 1 is 0.814 bits per heavy atom. The largest absolute Gasteiger partial charge is 0.497 e. The minimum Gasteiger partial charge on any atom is -0.497 e. The first-order valence-electron chi connectivity index (χ1n) is 14.1. The van der Waals surface area contributed by atoms with Crippen molar-refractivity contribution in [2.45, 2.75) is 38.9 Å². The van der Waals surface area contributed by atoms with Gasteiger partial charge in [-0.3, -0.25) is 9.59 Å². The number of ether oxygens (including phenoxy) is 2. The number of hydrogen-bond donors (Lipinski definition) is 1. The van der Waals surface area contributed by atoms with Crippen molar-refractivity contribution in [3.05, 3.63) is 114 Å². The Bertz CT molecular complexity index is 1680. The molecule has 0 spiro atoms. The van der Waals surface area contributed by atoms with Crippen molar-refractivity contribution in [3.63, 3.8) is 0 Å². The quantitative estimate of drug-likeness (QED) is 0.207. The molecule has 1 atom stereocenters. The molecule has 1 N–H and O–H groups in total. The summed E-state index contributed by atoms with van der Waals surface area (Å²) in [6.07, 6.45) is 0. The first kappa shape index (κ1) is 29.3. The van der Waals surface area contributed by atoms with E-state index in [1.807, 2.05) is 72.8 Å². The molecule has 5 rings (SSSR count). The number of carbonyl (C=O) groups is 2. The van der Waals surface area contributed by atoms with Gasteiger partial charge in [0.05, 0.1) is 19.7 Å². The zero-order valence-corrected chi connectivity index (χ0v) is 24.7. The van der Waals surface area contributed by atoms with E-state index in [9.17, 15) is 9.59 Å². The van der Waals surface area contributed by atoms with Crippen LogP contribution in [0.4, 0.5) is 5.69 Å². The second kappa shape index (κ2) is 13.2. The molecule has 0 bridgehead atoms. The summed E-state index contributed by atoms with van der Waals surface area (Å²) in [5, 5.41) is 11.5. The third-order valence-electron chi connectivity index (χ3n) is 7.37. The molecule has 0 unspecified atom stereocenters. The van der Waals surface area contributed by atoms with Crippen molar-refractivity contribution in [1.82, 2.24) is 19.9 Å². The van der Waals surface area contributed by atoms with Crippen LogP contribution in [0.2, 0.25) is 0 Å². The highest BCUT2D eigenvalue weighted by Crippen LogP contribution is 2.29. The molecule has 0 aliphatic heterocycles. The molecule has 0 saturated heterocycles. The van der Waals surface area contributed by atoms with Gasteiger partial charge in [0.25, 0.3) is 5.91 Å². The Morgan fingerprint density at radius 3 is 2.05 bits per heavy atom. The third kappa shape index (κ3) is 6.83. The summed E-state index contributed by atoms with van der Waals surface area (Å²) in [5.74, 6) is 1.07. The lowest BCUT2D eigenvalue weighted by Gasteiger charge is -2.32. The molecular formula is C34H35N5O4. The van der Waals surface area contributed by atoms with Crippen LogP contribution in [0.1, 0.15) is 42.5 Å². The average Bonchev–Trinajstić information content (AvgIpc) is 3.44. The van der Waals surface area contributed by atoms with Crippen LogP contribution in [0, 0.1) is 0 Å². The highest BCUT2D eigenvalue weighted by molar-refractivity contribution is 5.98. The first-order valence-corrected chi connectivity index (χ1v) is 14.1. The second-order valence-corrected chi connectivity index (χ2v) is 10.5.